The molecule has 0 aliphatic carbocycles. The molecule has 0 unspecified atom stereocenters. The molecule has 1 heterocycles. The lowest BCUT2D eigenvalue weighted by atomic mass is 10.1. The third-order valence-electron chi connectivity index (χ3n) is 2.68. The molecule has 0 saturated carbocycles. The number of nitrogens with one attached hydrogen (secondary N) is 2. The lowest BCUT2D eigenvalue weighted by molar-refractivity contribution is -0.136. The third-order valence-corrected chi connectivity index (χ3v) is 4.18. The summed E-state index contributed by atoms with van der Waals surface area (Å²) >= 11 is 0. The van der Waals surface area contributed by atoms with Gasteiger partial charge in [0.2, 0.25) is 0 Å². The first-order chi connectivity index (χ1) is 9.61. The summed E-state index contributed by atoms with van der Waals surface area (Å²) in [5, 5.41) is 5.99. The van der Waals surface area contributed by atoms with Gasteiger partial charge in [-0.3, -0.25) is 9.82 Å². The lowest BCUT2D eigenvalue weighted by Crippen LogP contribution is -2.15. The van der Waals surface area contributed by atoms with Gasteiger partial charge in [-0.25, -0.2) is 8.42 Å². The lowest BCUT2D eigenvalue weighted by Gasteiger charge is -2.13. The second kappa shape index (κ2) is 4.95. The van der Waals surface area contributed by atoms with Crippen LogP contribution in [0.15, 0.2) is 29.3 Å². The molecule has 114 valence electrons. The van der Waals surface area contributed by atoms with Crippen LogP contribution in [0.4, 0.5) is 24.5 Å². The highest BCUT2D eigenvalue weighted by Crippen LogP contribution is 2.35. The van der Waals surface area contributed by atoms with Gasteiger partial charge in [0.25, 0.3) is 10.0 Å². The van der Waals surface area contributed by atoms with Crippen LogP contribution in [0.5, 0.6) is 0 Å². The van der Waals surface area contributed by atoms with E-state index in [0.29, 0.717) is 6.07 Å². The van der Waals surface area contributed by atoms with Crippen LogP contribution in [0.3, 0.4) is 0 Å². The molecule has 0 radical (unpaired) electrons. The van der Waals surface area contributed by atoms with Crippen LogP contribution < -0.4 is 10.5 Å². The Morgan fingerprint density at radius 3 is 2.52 bits per heavy atom. The van der Waals surface area contributed by atoms with Crippen molar-refractivity contribution in [2.75, 3.05) is 10.5 Å². The van der Waals surface area contributed by atoms with Crippen LogP contribution in [0.25, 0.3) is 0 Å². The van der Waals surface area contributed by atoms with Crippen LogP contribution in [-0.4, -0.2) is 18.6 Å². The number of H-pyrrole nitrogens is 1. The zero-order valence-electron chi connectivity index (χ0n) is 10.7. The number of nitrogen functional groups attached to an aromatic ring is 1. The maximum atomic E-state index is 12.7. The first kappa shape index (κ1) is 15.2. The Labute approximate surface area is 118 Å². The maximum Gasteiger partial charge on any atom is 0.418 e. The van der Waals surface area contributed by atoms with Crippen molar-refractivity contribution in [3.63, 3.8) is 0 Å². The van der Waals surface area contributed by atoms with E-state index in [4.69, 9.17) is 5.73 Å². The SMILES string of the molecule is Cc1[nH]ncc1S(=O)(=O)Nc1ccc(N)c(C(F)(F)F)c1. The van der Waals surface area contributed by atoms with E-state index in [1.54, 1.807) is 0 Å². The van der Waals surface area contributed by atoms with E-state index in [1.165, 1.54) is 6.92 Å². The smallest absolute Gasteiger partial charge is 0.398 e. The molecule has 6 nitrogen and oxygen atoms in total. The fourth-order valence-electron chi connectivity index (χ4n) is 1.69. The summed E-state index contributed by atoms with van der Waals surface area (Å²) in [5.41, 5.74) is 3.69. The molecule has 0 fully saturated rings. The number of hydrogen-bond acceptors (Lipinski definition) is 4. The van der Waals surface area contributed by atoms with Crippen LogP contribution in [-0.2, 0) is 16.2 Å². The summed E-state index contributed by atoms with van der Waals surface area (Å²) in [5.74, 6) is 0. The van der Waals surface area contributed by atoms with Crippen molar-refractivity contribution in [3.05, 3.63) is 35.7 Å². The van der Waals surface area contributed by atoms with Crippen LogP contribution in [0.2, 0.25) is 0 Å². The number of alkyl halides is 3. The van der Waals surface area contributed by atoms with Crippen molar-refractivity contribution in [1.82, 2.24) is 10.2 Å². The number of nitrogens with two attached hydrogens (primary N) is 1. The molecule has 0 spiro atoms. The Morgan fingerprint density at radius 1 is 1.33 bits per heavy atom. The van der Waals surface area contributed by atoms with Gasteiger partial charge in [-0.05, 0) is 25.1 Å². The number of anilines is 2. The van der Waals surface area contributed by atoms with E-state index in [9.17, 15) is 21.6 Å². The molecule has 1 aromatic heterocycles. The van der Waals surface area contributed by atoms with Gasteiger partial charge in [0.05, 0.1) is 17.5 Å². The molecule has 4 N–H and O–H groups in total. The van der Waals surface area contributed by atoms with Crippen LogP contribution in [0, 0.1) is 6.92 Å². The Morgan fingerprint density at radius 2 is 2.00 bits per heavy atom. The zero-order chi connectivity index (χ0) is 15.8. The summed E-state index contributed by atoms with van der Waals surface area (Å²) in [6.45, 7) is 1.48. The summed E-state index contributed by atoms with van der Waals surface area (Å²) in [6, 6.07) is 2.78. The van der Waals surface area contributed by atoms with E-state index in [2.05, 4.69) is 14.9 Å². The number of nitrogens with zero attached hydrogens (tertiary/aromatic N) is 1. The van der Waals surface area contributed by atoms with Crippen molar-refractivity contribution in [2.24, 2.45) is 0 Å². The van der Waals surface area contributed by atoms with E-state index in [-0.39, 0.29) is 16.3 Å². The first-order valence-electron chi connectivity index (χ1n) is 5.61. The van der Waals surface area contributed by atoms with Gasteiger partial charge in [0.15, 0.2) is 0 Å². The standard InChI is InChI=1S/C11H11F3N4O2S/c1-6-10(5-16-17-6)21(19,20)18-7-2-3-9(15)8(4-7)11(12,13)14/h2-5,18H,15H2,1H3,(H,16,17). The van der Waals surface area contributed by atoms with Gasteiger partial charge in [-0.15, -0.1) is 0 Å². The molecule has 0 aliphatic rings. The highest BCUT2D eigenvalue weighted by Gasteiger charge is 2.33. The van der Waals surface area contributed by atoms with Crippen LogP contribution in [0.1, 0.15) is 11.3 Å². The number of aryl methyl sites for hydroxylation is 1. The topological polar surface area (TPSA) is 101 Å². The Bertz CT molecular complexity index is 768. The van der Waals surface area contributed by atoms with Gasteiger partial charge < -0.3 is 5.73 Å². The minimum absolute atomic E-state index is 0.145. The van der Waals surface area contributed by atoms with Crippen molar-refractivity contribution in [1.29, 1.82) is 0 Å². The van der Waals surface area contributed by atoms with Crippen molar-refractivity contribution < 1.29 is 21.6 Å². The fraction of sp³-hybridized carbons (Fsp3) is 0.182. The van der Waals surface area contributed by atoms with E-state index >= 15 is 0 Å². The number of aromatic amines is 1. The van der Waals surface area contributed by atoms with Gasteiger partial charge in [0.1, 0.15) is 4.90 Å². The highest BCUT2D eigenvalue weighted by atomic mass is 32.2. The van der Waals surface area contributed by atoms with E-state index in [0.717, 1.165) is 18.3 Å². The van der Waals surface area contributed by atoms with Crippen molar-refractivity contribution in [3.8, 4) is 0 Å². The number of benzene rings is 1. The Hall–Kier alpha value is -2.23. The van der Waals surface area contributed by atoms with E-state index < -0.39 is 27.5 Å². The number of rotatable bonds is 3. The van der Waals surface area contributed by atoms with Gasteiger partial charge in [0, 0.05) is 11.4 Å². The predicted molar refractivity (Wildman–Crippen MR) is 70.0 cm³/mol. The summed E-state index contributed by atoms with van der Waals surface area (Å²) in [7, 11) is -4.03. The Kier molecular flexibility index (Phi) is 3.58. The van der Waals surface area contributed by atoms with Gasteiger partial charge >= 0.3 is 6.18 Å². The fourth-order valence-corrected chi connectivity index (χ4v) is 2.87. The normalized spacial score (nSPS) is 12.4. The third kappa shape index (κ3) is 3.10. The number of hydrogen-bond donors (Lipinski definition) is 3. The molecule has 0 saturated heterocycles. The number of aromatic nitrogens is 2. The molecule has 2 rings (SSSR count). The second-order valence-corrected chi connectivity index (χ2v) is 5.92. The molecule has 0 aliphatic heterocycles. The molecular weight excluding hydrogens is 309 g/mol. The van der Waals surface area contributed by atoms with E-state index in [1.807, 2.05) is 0 Å². The summed E-state index contributed by atoms with van der Waals surface area (Å²) in [6.07, 6.45) is -3.60. The monoisotopic (exact) mass is 320 g/mol. The molecule has 0 bridgehead atoms. The average Bonchev–Trinajstić information content (AvgIpc) is 2.77. The molecule has 2 aromatic rings. The molecular formula is C11H11F3N4O2S. The maximum absolute atomic E-state index is 12.7. The van der Waals surface area contributed by atoms with Gasteiger partial charge in [-0.2, -0.15) is 18.3 Å². The summed E-state index contributed by atoms with van der Waals surface area (Å²) < 4.78 is 64.3. The predicted octanol–water partition coefficient (Wildman–Crippen LogP) is 2.12. The zero-order valence-corrected chi connectivity index (χ0v) is 11.5. The average molecular weight is 320 g/mol. The number of sulfonamides is 1. The van der Waals surface area contributed by atoms with Crippen molar-refractivity contribution in [2.45, 2.75) is 18.0 Å². The molecule has 10 heteroatoms. The first-order valence-corrected chi connectivity index (χ1v) is 7.09. The minimum Gasteiger partial charge on any atom is -0.398 e. The largest absolute Gasteiger partial charge is 0.418 e. The Balaban J connectivity index is 2.39. The molecule has 0 atom stereocenters. The highest BCUT2D eigenvalue weighted by molar-refractivity contribution is 7.92. The van der Waals surface area contributed by atoms with Crippen molar-refractivity contribution >= 4 is 21.4 Å². The molecule has 0 amide bonds. The van der Waals surface area contributed by atoms with Crippen LogP contribution >= 0.6 is 0 Å². The number of halogens is 3. The minimum atomic E-state index is -4.67. The molecule has 1 aromatic carbocycles. The quantitative estimate of drug-likeness (QED) is 0.754. The second-order valence-electron chi connectivity index (χ2n) is 4.26. The van der Waals surface area contributed by atoms with Gasteiger partial charge in [-0.1, -0.05) is 0 Å². The summed E-state index contributed by atoms with van der Waals surface area (Å²) in [4.78, 5) is -0.145. The molecule has 21 heavy (non-hydrogen) atoms.